The van der Waals surface area contributed by atoms with Gasteiger partial charge in [-0.3, -0.25) is 4.90 Å². The van der Waals surface area contributed by atoms with Gasteiger partial charge in [-0.2, -0.15) is 4.31 Å². The molecule has 27 heavy (non-hydrogen) atoms. The Morgan fingerprint density at radius 3 is 2.41 bits per heavy atom. The summed E-state index contributed by atoms with van der Waals surface area (Å²) < 4.78 is 33.1. The highest BCUT2D eigenvalue weighted by Gasteiger charge is 2.28. The van der Waals surface area contributed by atoms with Gasteiger partial charge < -0.3 is 4.74 Å². The monoisotopic (exact) mass is 450 g/mol. The molecule has 0 aliphatic carbocycles. The molecule has 5 nitrogen and oxygen atoms in total. The third kappa shape index (κ3) is 4.99. The van der Waals surface area contributed by atoms with Crippen LogP contribution in [0.25, 0.3) is 6.08 Å². The smallest absolute Gasteiger partial charge is 0.243 e. The summed E-state index contributed by atoms with van der Waals surface area (Å²) in [5, 5.41) is 0. The van der Waals surface area contributed by atoms with Gasteiger partial charge in [-0.25, -0.2) is 8.42 Å². The van der Waals surface area contributed by atoms with Gasteiger partial charge in [0.1, 0.15) is 5.75 Å². The molecular formula is C20H23BrN2O3S. The Bertz CT molecular complexity index is 893. The van der Waals surface area contributed by atoms with E-state index in [-0.39, 0.29) is 4.90 Å². The topological polar surface area (TPSA) is 49.9 Å². The fraction of sp³-hybridized carbons (Fsp3) is 0.300. The van der Waals surface area contributed by atoms with Gasteiger partial charge in [-0.15, -0.1) is 0 Å². The Kier molecular flexibility index (Phi) is 6.70. The van der Waals surface area contributed by atoms with E-state index in [1.54, 1.807) is 29.6 Å². The van der Waals surface area contributed by atoms with Gasteiger partial charge in [0.2, 0.25) is 10.0 Å². The van der Waals surface area contributed by atoms with Crippen molar-refractivity contribution < 1.29 is 13.2 Å². The van der Waals surface area contributed by atoms with Crippen LogP contribution in [0.2, 0.25) is 0 Å². The number of halogens is 1. The van der Waals surface area contributed by atoms with E-state index in [0.717, 1.165) is 19.6 Å². The van der Waals surface area contributed by atoms with Crippen molar-refractivity contribution >= 4 is 32.0 Å². The van der Waals surface area contributed by atoms with Crippen molar-refractivity contribution in [3.05, 3.63) is 64.6 Å². The lowest BCUT2D eigenvalue weighted by molar-refractivity contribution is 0.204. The second-order valence-electron chi connectivity index (χ2n) is 6.31. The van der Waals surface area contributed by atoms with Crippen molar-refractivity contribution in [3.63, 3.8) is 0 Å². The lowest BCUT2D eigenvalue weighted by Crippen LogP contribution is -2.48. The third-order valence-electron chi connectivity index (χ3n) is 4.57. The molecule has 0 atom stereocenters. The summed E-state index contributed by atoms with van der Waals surface area (Å²) in [6.45, 7) is 3.23. The predicted molar refractivity (Wildman–Crippen MR) is 111 cm³/mol. The maximum atomic E-state index is 12.9. The first-order valence-electron chi connectivity index (χ1n) is 8.78. The van der Waals surface area contributed by atoms with Crippen LogP contribution in [0.15, 0.2) is 64.0 Å². The van der Waals surface area contributed by atoms with Crippen LogP contribution < -0.4 is 4.74 Å². The SMILES string of the molecule is COc1ccc(S(=O)(=O)N2CCN(C/C=C/c3ccccc3)CC2)cc1Br. The molecule has 0 saturated carbocycles. The van der Waals surface area contributed by atoms with Gasteiger partial charge in [-0.05, 0) is 39.7 Å². The fourth-order valence-corrected chi connectivity index (χ4v) is 5.15. The zero-order valence-corrected chi connectivity index (χ0v) is 17.6. The number of rotatable bonds is 6. The normalized spacial score (nSPS) is 16.7. The second-order valence-corrected chi connectivity index (χ2v) is 9.11. The molecule has 0 aromatic heterocycles. The zero-order valence-electron chi connectivity index (χ0n) is 15.2. The van der Waals surface area contributed by atoms with Gasteiger partial charge in [0.25, 0.3) is 0 Å². The maximum absolute atomic E-state index is 12.9. The number of ether oxygens (including phenoxy) is 1. The summed E-state index contributed by atoms with van der Waals surface area (Å²) in [7, 11) is -1.94. The lowest BCUT2D eigenvalue weighted by atomic mass is 10.2. The van der Waals surface area contributed by atoms with E-state index in [4.69, 9.17) is 4.74 Å². The van der Waals surface area contributed by atoms with E-state index in [1.807, 2.05) is 18.2 Å². The molecule has 0 unspecified atom stereocenters. The fourth-order valence-electron chi connectivity index (χ4n) is 3.01. The van der Waals surface area contributed by atoms with Gasteiger partial charge in [-0.1, -0.05) is 42.5 Å². The minimum absolute atomic E-state index is 0.285. The molecule has 0 amide bonds. The van der Waals surface area contributed by atoms with Crippen LogP contribution in [-0.4, -0.2) is 57.5 Å². The average molecular weight is 451 g/mol. The average Bonchev–Trinajstić information content (AvgIpc) is 2.69. The van der Waals surface area contributed by atoms with Crippen LogP contribution in [0.1, 0.15) is 5.56 Å². The number of hydrogen-bond donors (Lipinski definition) is 0. The van der Waals surface area contributed by atoms with E-state index < -0.39 is 10.0 Å². The molecule has 1 saturated heterocycles. The highest BCUT2D eigenvalue weighted by Crippen LogP contribution is 2.29. The molecule has 1 aliphatic rings. The third-order valence-corrected chi connectivity index (χ3v) is 7.08. The summed E-state index contributed by atoms with van der Waals surface area (Å²) in [4.78, 5) is 2.54. The summed E-state index contributed by atoms with van der Waals surface area (Å²) in [5.74, 6) is 0.615. The summed E-state index contributed by atoms with van der Waals surface area (Å²) in [6.07, 6.45) is 4.22. The number of hydrogen-bond acceptors (Lipinski definition) is 4. The molecule has 0 N–H and O–H groups in total. The molecule has 2 aromatic rings. The van der Waals surface area contributed by atoms with E-state index in [9.17, 15) is 8.42 Å². The van der Waals surface area contributed by atoms with Crippen LogP contribution in [0.5, 0.6) is 5.75 Å². The van der Waals surface area contributed by atoms with Crippen molar-refractivity contribution in [1.29, 1.82) is 0 Å². The molecule has 0 bridgehead atoms. The van der Waals surface area contributed by atoms with E-state index >= 15 is 0 Å². The Balaban J connectivity index is 1.58. The Morgan fingerprint density at radius 2 is 1.78 bits per heavy atom. The van der Waals surface area contributed by atoms with E-state index in [1.165, 1.54) is 5.56 Å². The first-order valence-corrected chi connectivity index (χ1v) is 11.0. The standard InChI is InChI=1S/C20H23BrN2O3S/c1-26-20-10-9-18(16-19(20)21)27(24,25)23-14-12-22(13-15-23)11-5-8-17-6-3-2-4-7-17/h2-10,16H,11-15H2,1H3/b8-5+. The molecule has 3 rings (SSSR count). The minimum Gasteiger partial charge on any atom is -0.496 e. The Morgan fingerprint density at radius 1 is 1.07 bits per heavy atom. The lowest BCUT2D eigenvalue weighted by Gasteiger charge is -2.33. The highest BCUT2D eigenvalue weighted by atomic mass is 79.9. The van der Waals surface area contributed by atoms with E-state index in [0.29, 0.717) is 23.3 Å². The molecule has 1 fully saturated rings. The van der Waals surface area contributed by atoms with Crippen LogP contribution >= 0.6 is 15.9 Å². The number of piperazine rings is 1. The maximum Gasteiger partial charge on any atom is 0.243 e. The van der Waals surface area contributed by atoms with E-state index in [2.05, 4.69) is 45.1 Å². The number of nitrogens with zero attached hydrogens (tertiary/aromatic N) is 2. The van der Waals surface area contributed by atoms with Crippen molar-refractivity contribution in [2.24, 2.45) is 0 Å². The molecule has 144 valence electrons. The highest BCUT2D eigenvalue weighted by molar-refractivity contribution is 9.10. The van der Waals surface area contributed by atoms with Crippen LogP contribution in [0.4, 0.5) is 0 Å². The van der Waals surface area contributed by atoms with Gasteiger partial charge in [0.15, 0.2) is 0 Å². The molecule has 1 aliphatic heterocycles. The van der Waals surface area contributed by atoms with Crippen molar-refractivity contribution in [1.82, 2.24) is 9.21 Å². The predicted octanol–water partition coefficient (Wildman–Crippen LogP) is 3.48. The van der Waals surface area contributed by atoms with Gasteiger partial charge in [0.05, 0.1) is 16.5 Å². The van der Waals surface area contributed by atoms with Crippen molar-refractivity contribution in [2.45, 2.75) is 4.90 Å². The zero-order chi connectivity index (χ0) is 19.3. The Labute approximate surface area is 169 Å². The Hall–Kier alpha value is -1.67. The van der Waals surface area contributed by atoms with Crippen molar-refractivity contribution in [2.75, 3.05) is 39.8 Å². The largest absolute Gasteiger partial charge is 0.496 e. The number of benzene rings is 2. The summed E-state index contributed by atoms with van der Waals surface area (Å²) in [5.41, 5.74) is 1.17. The number of methoxy groups -OCH3 is 1. The quantitative estimate of drug-likeness (QED) is 0.675. The minimum atomic E-state index is -3.49. The molecule has 0 radical (unpaired) electrons. The van der Waals surface area contributed by atoms with Gasteiger partial charge in [0, 0.05) is 32.7 Å². The van der Waals surface area contributed by atoms with Crippen LogP contribution in [0.3, 0.4) is 0 Å². The van der Waals surface area contributed by atoms with Crippen molar-refractivity contribution in [3.8, 4) is 5.75 Å². The molecule has 0 spiro atoms. The first-order chi connectivity index (χ1) is 13.0. The summed E-state index contributed by atoms with van der Waals surface area (Å²) >= 11 is 3.36. The molecular weight excluding hydrogens is 428 g/mol. The first kappa shape index (κ1) is 20.1. The second kappa shape index (κ2) is 9.01. The molecule has 1 heterocycles. The molecule has 2 aromatic carbocycles. The number of sulfonamides is 1. The van der Waals surface area contributed by atoms with Gasteiger partial charge >= 0.3 is 0 Å². The summed E-state index contributed by atoms with van der Waals surface area (Å²) in [6, 6.07) is 15.0. The van der Waals surface area contributed by atoms with Crippen LogP contribution in [0, 0.1) is 0 Å². The molecule has 7 heteroatoms. The van der Waals surface area contributed by atoms with Crippen LogP contribution in [-0.2, 0) is 10.0 Å².